The van der Waals surface area contributed by atoms with Gasteiger partial charge in [0.1, 0.15) is 0 Å². The van der Waals surface area contributed by atoms with Gasteiger partial charge in [-0.1, -0.05) is 78.9 Å². The minimum Gasteiger partial charge on any atom is -0.204 e. The van der Waals surface area contributed by atoms with E-state index in [-0.39, 0.29) is 5.56 Å². The third-order valence-electron chi connectivity index (χ3n) is 6.60. The van der Waals surface area contributed by atoms with Crippen molar-refractivity contribution in [2.75, 3.05) is 0 Å². The molecule has 0 aliphatic carbocycles. The summed E-state index contributed by atoms with van der Waals surface area (Å²) in [4.78, 5) is 0. The highest BCUT2D eigenvalue weighted by molar-refractivity contribution is 6.23. The van der Waals surface area contributed by atoms with Gasteiger partial charge in [-0.15, -0.1) is 0 Å². The number of hydrogen-bond acceptors (Lipinski definition) is 0. The van der Waals surface area contributed by atoms with E-state index in [4.69, 9.17) is 0 Å². The Balaban J connectivity index is 1.82. The molecule has 0 aliphatic heterocycles. The summed E-state index contributed by atoms with van der Waals surface area (Å²) < 4.78 is 70.0. The monoisotopic (exact) mass is 484 g/mol. The Bertz CT molecular complexity index is 1790. The third-order valence-corrected chi connectivity index (χ3v) is 6.60. The molecule has 5 heteroatoms. The maximum absolute atomic E-state index is 14.7. The van der Waals surface area contributed by atoms with Crippen LogP contribution in [-0.2, 0) is 6.18 Å². The molecule has 0 aromatic heterocycles. The Morgan fingerprint density at radius 1 is 0.472 bits per heavy atom. The van der Waals surface area contributed by atoms with Crippen LogP contribution in [0.1, 0.15) is 5.56 Å². The average molecular weight is 484 g/mol. The van der Waals surface area contributed by atoms with E-state index in [1.807, 2.05) is 54.6 Å². The van der Waals surface area contributed by atoms with Crippen LogP contribution in [0.3, 0.4) is 0 Å². The second kappa shape index (κ2) is 8.16. The quantitative estimate of drug-likeness (QED) is 0.169. The summed E-state index contributed by atoms with van der Waals surface area (Å²) in [5, 5.41) is 4.07. The molecule has 0 bridgehead atoms. The van der Waals surface area contributed by atoms with Crippen molar-refractivity contribution in [3.63, 3.8) is 0 Å². The zero-order valence-corrected chi connectivity index (χ0v) is 18.7. The van der Waals surface area contributed by atoms with E-state index in [9.17, 15) is 22.0 Å². The average Bonchev–Trinajstić information content (AvgIpc) is 2.87. The van der Waals surface area contributed by atoms with Crippen LogP contribution in [0.5, 0.6) is 0 Å². The van der Waals surface area contributed by atoms with Gasteiger partial charge in [-0.2, -0.15) is 13.2 Å². The van der Waals surface area contributed by atoms with E-state index in [1.54, 1.807) is 18.2 Å². The smallest absolute Gasteiger partial charge is 0.204 e. The molecule has 0 spiro atoms. The molecule has 0 heterocycles. The zero-order chi connectivity index (χ0) is 25.0. The molecular weight excluding hydrogens is 467 g/mol. The summed E-state index contributed by atoms with van der Waals surface area (Å²) in [6, 6.07) is 28.0. The van der Waals surface area contributed by atoms with Crippen LogP contribution >= 0.6 is 0 Å². The summed E-state index contributed by atoms with van der Waals surface area (Å²) in [5.41, 5.74) is 1.43. The summed E-state index contributed by atoms with van der Waals surface area (Å²) in [6.07, 6.45) is -4.54. The molecule has 0 saturated carbocycles. The Hall–Kier alpha value is -4.25. The molecule has 0 unspecified atom stereocenters. The van der Waals surface area contributed by atoms with Crippen molar-refractivity contribution in [2.45, 2.75) is 6.18 Å². The Kier molecular flexibility index (Phi) is 5.04. The topological polar surface area (TPSA) is 0 Å². The van der Waals surface area contributed by atoms with Crippen molar-refractivity contribution in [1.82, 2.24) is 0 Å². The van der Waals surface area contributed by atoms with E-state index in [0.29, 0.717) is 27.3 Å². The molecule has 0 atom stereocenters. The van der Waals surface area contributed by atoms with Gasteiger partial charge in [-0.05, 0) is 78.8 Å². The Morgan fingerprint density at radius 2 is 1.03 bits per heavy atom. The first-order valence-corrected chi connectivity index (χ1v) is 11.3. The van der Waals surface area contributed by atoms with Crippen LogP contribution in [-0.4, -0.2) is 0 Å². The number of benzene rings is 6. The highest BCUT2D eigenvalue weighted by Gasteiger charge is 2.31. The molecule has 0 amide bonds. The molecule has 0 N–H and O–H groups in total. The van der Waals surface area contributed by atoms with Crippen LogP contribution in [0, 0.1) is 11.6 Å². The van der Waals surface area contributed by atoms with Crippen LogP contribution in [0.25, 0.3) is 54.6 Å². The second-order valence-electron chi connectivity index (χ2n) is 8.71. The SMILES string of the molecule is Fc1cc2c(-c3cccc(C(F)(F)F)c3)c3ccccc3c(-c3cccc4ccccc34)c2cc1F. The molecule has 176 valence electrons. The lowest BCUT2D eigenvalue weighted by molar-refractivity contribution is -0.137. The minimum atomic E-state index is -4.54. The normalized spacial score (nSPS) is 12.0. The number of rotatable bonds is 2. The number of halogens is 5. The van der Waals surface area contributed by atoms with Gasteiger partial charge in [0.05, 0.1) is 5.56 Å². The van der Waals surface area contributed by atoms with Crippen LogP contribution in [0.15, 0.2) is 103 Å². The largest absolute Gasteiger partial charge is 0.416 e. The lowest BCUT2D eigenvalue weighted by Crippen LogP contribution is -2.04. The molecule has 6 rings (SSSR count). The summed E-state index contributed by atoms with van der Waals surface area (Å²) in [5.74, 6) is -2.08. The third kappa shape index (κ3) is 3.51. The fraction of sp³-hybridized carbons (Fsp3) is 0.0323. The minimum absolute atomic E-state index is 0.279. The van der Waals surface area contributed by atoms with Crippen molar-refractivity contribution in [1.29, 1.82) is 0 Å². The van der Waals surface area contributed by atoms with Gasteiger partial charge in [0, 0.05) is 0 Å². The summed E-state index contributed by atoms with van der Waals surface area (Å²) in [6.45, 7) is 0. The van der Waals surface area contributed by atoms with E-state index < -0.39 is 23.4 Å². The predicted octanol–water partition coefficient (Wildman–Crippen LogP) is 9.78. The van der Waals surface area contributed by atoms with Crippen molar-refractivity contribution in [3.05, 3.63) is 120 Å². The predicted molar refractivity (Wildman–Crippen MR) is 135 cm³/mol. The van der Waals surface area contributed by atoms with E-state index in [2.05, 4.69) is 0 Å². The lowest BCUT2D eigenvalue weighted by Gasteiger charge is -2.19. The Morgan fingerprint density at radius 3 is 1.72 bits per heavy atom. The van der Waals surface area contributed by atoms with Crippen LogP contribution in [0.2, 0.25) is 0 Å². The molecule has 0 fully saturated rings. The van der Waals surface area contributed by atoms with Gasteiger partial charge in [-0.25, -0.2) is 8.78 Å². The van der Waals surface area contributed by atoms with Gasteiger partial charge in [0.15, 0.2) is 11.6 Å². The van der Waals surface area contributed by atoms with E-state index >= 15 is 0 Å². The van der Waals surface area contributed by atoms with E-state index in [1.165, 1.54) is 6.07 Å². The highest BCUT2D eigenvalue weighted by Crippen LogP contribution is 2.46. The van der Waals surface area contributed by atoms with E-state index in [0.717, 1.165) is 46.0 Å². The van der Waals surface area contributed by atoms with Gasteiger partial charge >= 0.3 is 6.18 Å². The molecular formula is C31H17F5. The summed E-state index contributed by atoms with van der Waals surface area (Å²) in [7, 11) is 0. The zero-order valence-electron chi connectivity index (χ0n) is 18.7. The van der Waals surface area contributed by atoms with Crippen molar-refractivity contribution < 1.29 is 22.0 Å². The van der Waals surface area contributed by atoms with Gasteiger partial charge in [0.2, 0.25) is 0 Å². The first-order valence-electron chi connectivity index (χ1n) is 11.3. The second-order valence-corrected chi connectivity index (χ2v) is 8.71. The number of hydrogen-bond donors (Lipinski definition) is 0. The number of fused-ring (bicyclic) bond motifs is 3. The van der Waals surface area contributed by atoms with Gasteiger partial charge in [-0.3, -0.25) is 0 Å². The fourth-order valence-electron chi connectivity index (χ4n) is 5.07. The van der Waals surface area contributed by atoms with Crippen molar-refractivity contribution in [3.8, 4) is 22.3 Å². The summed E-state index contributed by atoms with van der Waals surface area (Å²) >= 11 is 0. The molecule has 0 nitrogen and oxygen atoms in total. The molecule has 0 saturated heterocycles. The first kappa shape index (κ1) is 22.2. The molecule has 36 heavy (non-hydrogen) atoms. The maximum atomic E-state index is 14.7. The molecule has 6 aromatic carbocycles. The van der Waals surface area contributed by atoms with Gasteiger partial charge < -0.3 is 0 Å². The fourth-order valence-corrected chi connectivity index (χ4v) is 5.07. The molecule has 0 radical (unpaired) electrons. The standard InChI is InChI=1S/C31H17F5/c32-27-16-25-26(17-28(27)33)30(22-14-6-8-18-7-1-2-11-21(18)22)24-13-4-3-12-23(24)29(25)19-9-5-10-20(15-19)31(34,35)36/h1-17H. The maximum Gasteiger partial charge on any atom is 0.416 e. The van der Waals surface area contributed by atoms with Crippen LogP contribution < -0.4 is 0 Å². The molecule has 0 aliphatic rings. The van der Waals surface area contributed by atoms with Gasteiger partial charge in [0.25, 0.3) is 0 Å². The van der Waals surface area contributed by atoms with Crippen LogP contribution in [0.4, 0.5) is 22.0 Å². The Labute approximate surface area is 203 Å². The first-order chi connectivity index (χ1) is 17.3. The lowest BCUT2D eigenvalue weighted by atomic mass is 9.84. The highest BCUT2D eigenvalue weighted by atomic mass is 19.4. The van der Waals surface area contributed by atoms with Crippen molar-refractivity contribution in [2.24, 2.45) is 0 Å². The molecule has 6 aromatic rings. The van der Waals surface area contributed by atoms with Crippen molar-refractivity contribution >= 4 is 32.3 Å². The number of alkyl halides is 3.